The standard InChI is InChI=1S/C17H23NO3/c1-17(2)8-7-13(21-17)11-18-10-12(9-16(19)20)14-5-3-4-6-15(14)18/h3-6,12-13H,7-11H2,1-2H3,(H,19,20). The highest BCUT2D eigenvalue weighted by Crippen LogP contribution is 2.39. The Bertz CT molecular complexity index is 541. The SMILES string of the molecule is CC1(C)CCC(CN2CC(CC(=O)O)c3ccccc32)O1. The highest BCUT2D eigenvalue weighted by Gasteiger charge is 2.36. The maximum atomic E-state index is 11.1. The van der Waals surface area contributed by atoms with Crippen LogP contribution in [0.15, 0.2) is 24.3 Å². The van der Waals surface area contributed by atoms with Crippen LogP contribution in [0.3, 0.4) is 0 Å². The maximum absolute atomic E-state index is 11.1. The van der Waals surface area contributed by atoms with Gasteiger partial charge in [-0.05, 0) is 38.3 Å². The Morgan fingerprint density at radius 3 is 2.86 bits per heavy atom. The number of ether oxygens (including phenoxy) is 1. The Balaban J connectivity index is 1.74. The van der Waals surface area contributed by atoms with Crippen molar-refractivity contribution >= 4 is 11.7 Å². The summed E-state index contributed by atoms with van der Waals surface area (Å²) >= 11 is 0. The van der Waals surface area contributed by atoms with Crippen molar-refractivity contribution in [2.24, 2.45) is 0 Å². The molecule has 0 amide bonds. The van der Waals surface area contributed by atoms with E-state index in [2.05, 4.69) is 30.9 Å². The fourth-order valence-electron chi connectivity index (χ4n) is 3.59. The van der Waals surface area contributed by atoms with Crippen molar-refractivity contribution in [2.75, 3.05) is 18.0 Å². The van der Waals surface area contributed by atoms with Crippen molar-refractivity contribution in [3.8, 4) is 0 Å². The zero-order valence-corrected chi connectivity index (χ0v) is 12.7. The third-order valence-electron chi connectivity index (χ3n) is 4.56. The van der Waals surface area contributed by atoms with Crippen molar-refractivity contribution in [1.82, 2.24) is 0 Å². The number of carboxylic acid groups (broad SMARTS) is 1. The van der Waals surface area contributed by atoms with Gasteiger partial charge in [-0.1, -0.05) is 18.2 Å². The number of nitrogens with zero attached hydrogens (tertiary/aromatic N) is 1. The minimum absolute atomic E-state index is 0.0234. The van der Waals surface area contributed by atoms with Crippen molar-refractivity contribution < 1.29 is 14.6 Å². The summed E-state index contributed by atoms with van der Waals surface area (Å²) in [5.41, 5.74) is 2.32. The lowest BCUT2D eigenvalue weighted by atomic mass is 9.98. The Labute approximate surface area is 125 Å². The number of rotatable bonds is 4. The first kappa shape index (κ1) is 14.4. The molecule has 2 aliphatic heterocycles. The Morgan fingerprint density at radius 1 is 1.43 bits per heavy atom. The molecule has 0 saturated carbocycles. The van der Waals surface area contributed by atoms with E-state index in [-0.39, 0.29) is 24.0 Å². The Hall–Kier alpha value is -1.55. The molecule has 2 heterocycles. The second-order valence-electron chi connectivity index (χ2n) is 6.80. The summed E-state index contributed by atoms with van der Waals surface area (Å²) in [5, 5.41) is 9.10. The normalized spacial score (nSPS) is 26.9. The van der Waals surface area contributed by atoms with E-state index in [1.807, 2.05) is 12.1 Å². The first-order valence-electron chi connectivity index (χ1n) is 7.68. The molecule has 2 atom stereocenters. The predicted molar refractivity (Wildman–Crippen MR) is 81.8 cm³/mol. The predicted octanol–water partition coefficient (Wildman–Crippen LogP) is 3.02. The van der Waals surface area contributed by atoms with Crippen LogP contribution >= 0.6 is 0 Å². The molecular weight excluding hydrogens is 266 g/mol. The summed E-state index contributed by atoms with van der Waals surface area (Å²) in [4.78, 5) is 13.4. The molecule has 0 radical (unpaired) electrons. The Morgan fingerprint density at radius 2 is 2.19 bits per heavy atom. The molecule has 1 N–H and O–H groups in total. The second-order valence-corrected chi connectivity index (χ2v) is 6.80. The van der Waals surface area contributed by atoms with Crippen LogP contribution in [0.4, 0.5) is 5.69 Å². The number of anilines is 1. The van der Waals surface area contributed by atoms with Gasteiger partial charge in [0.1, 0.15) is 0 Å². The number of fused-ring (bicyclic) bond motifs is 1. The summed E-state index contributed by atoms with van der Waals surface area (Å²) in [7, 11) is 0. The van der Waals surface area contributed by atoms with E-state index < -0.39 is 5.97 Å². The fourth-order valence-corrected chi connectivity index (χ4v) is 3.59. The van der Waals surface area contributed by atoms with E-state index in [1.165, 1.54) is 5.69 Å². The third kappa shape index (κ3) is 3.05. The van der Waals surface area contributed by atoms with Crippen LogP contribution in [0.2, 0.25) is 0 Å². The van der Waals surface area contributed by atoms with Gasteiger partial charge >= 0.3 is 5.97 Å². The first-order valence-corrected chi connectivity index (χ1v) is 7.68. The summed E-state index contributed by atoms with van der Waals surface area (Å²) in [6.45, 7) is 5.92. The molecule has 1 aromatic rings. The van der Waals surface area contributed by atoms with Gasteiger partial charge in [0.05, 0.1) is 18.1 Å². The van der Waals surface area contributed by atoms with Crippen LogP contribution < -0.4 is 4.90 Å². The zero-order chi connectivity index (χ0) is 15.0. The van der Waals surface area contributed by atoms with Crippen molar-refractivity contribution in [2.45, 2.75) is 50.7 Å². The minimum atomic E-state index is -0.727. The molecule has 1 saturated heterocycles. The number of hydrogen-bond donors (Lipinski definition) is 1. The molecule has 114 valence electrons. The summed E-state index contributed by atoms with van der Waals surface area (Å²) in [5.74, 6) is -0.636. The number of carbonyl (C=O) groups is 1. The van der Waals surface area contributed by atoms with Gasteiger partial charge in [0.2, 0.25) is 0 Å². The highest BCUT2D eigenvalue weighted by atomic mass is 16.5. The molecule has 2 unspecified atom stereocenters. The minimum Gasteiger partial charge on any atom is -0.481 e. The summed E-state index contributed by atoms with van der Waals surface area (Å²) in [6.07, 6.45) is 2.61. The topological polar surface area (TPSA) is 49.8 Å². The average molecular weight is 289 g/mol. The molecule has 4 nitrogen and oxygen atoms in total. The molecule has 0 aromatic heterocycles. The number of hydrogen-bond acceptors (Lipinski definition) is 3. The van der Waals surface area contributed by atoms with Crippen LogP contribution in [0.1, 0.15) is 44.6 Å². The van der Waals surface area contributed by atoms with E-state index in [0.717, 1.165) is 31.5 Å². The van der Waals surface area contributed by atoms with Gasteiger partial charge in [0, 0.05) is 24.7 Å². The van der Waals surface area contributed by atoms with Gasteiger partial charge in [-0.15, -0.1) is 0 Å². The van der Waals surface area contributed by atoms with Gasteiger partial charge in [0.25, 0.3) is 0 Å². The van der Waals surface area contributed by atoms with Gasteiger partial charge in [0.15, 0.2) is 0 Å². The zero-order valence-electron chi connectivity index (χ0n) is 12.7. The fraction of sp³-hybridized carbons (Fsp3) is 0.588. The maximum Gasteiger partial charge on any atom is 0.304 e. The van der Waals surface area contributed by atoms with E-state index in [1.54, 1.807) is 0 Å². The third-order valence-corrected chi connectivity index (χ3v) is 4.56. The quantitative estimate of drug-likeness (QED) is 0.925. The van der Waals surface area contributed by atoms with E-state index in [0.29, 0.717) is 0 Å². The lowest BCUT2D eigenvalue weighted by Crippen LogP contribution is -2.33. The van der Waals surface area contributed by atoms with Gasteiger partial charge in [-0.3, -0.25) is 4.79 Å². The first-order chi connectivity index (χ1) is 9.94. The van der Waals surface area contributed by atoms with Crippen LogP contribution in [-0.2, 0) is 9.53 Å². The highest BCUT2D eigenvalue weighted by molar-refractivity contribution is 5.71. The van der Waals surface area contributed by atoms with Crippen LogP contribution in [0.5, 0.6) is 0 Å². The van der Waals surface area contributed by atoms with E-state index >= 15 is 0 Å². The number of benzene rings is 1. The van der Waals surface area contributed by atoms with Gasteiger partial charge in [-0.25, -0.2) is 0 Å². The molecule has 0 bridgehead atoms. The molecule has 0 spiro atoms. The van der Waals surface area contributed by atoms with Crippen LogP contribution in [-0.4, -0.2) is 35.9 Å². The smallest absolute Gasteiger partial charge is 0.304 e. The number of para-hydroxylation sites is 1. The molecule has 2 aliphatic rings. The van der Waals surface area contributed by atoms with Gasteiger partial charge < -0.3 is 14.7 Å². The van der Waals surface area contributed by atoms with Crippen molar-refractivity contribution in [3.05, 3.63) is 29.8 Å². The largest absolute Gasteiger partial charge is 0.481 e. The molecular formula is C17H23NO3. The number of aliphatic carboxylic acids is 1. The lowest BCUT2D eigenvalue weighted by molar-refractivity contribution is -0.137. The molecule has 1 aromatic carbocycles. The molecule has 21 heavy (non-hydrogen) atoms. The van der Waals surface area contributed by atoms with Crippen LogP contribution in [0.25, 0.3) is 0 Å². The summed E-state index contributed by atoms with van der Waals surface area (Å²) < 4.78 is 6.08. The van der Waals surface area contributed by atoms with E-state index in [9.17, 15) is 4.79 Å². The molecule has 0 aliphatic carbocycles. The summed E-state index contributed by atoms with van der Waals surface area (Å²) in [6, 6.07) is 8.17. The second kappa shape index (κ2) is 5.34. The molecule has 1 fully saturated rings. The van der Waals surface area contributed by atoms with Crippen LogP contribution in [0, 0.1) is 0 Å². The van der Waals surface area contributed by atoms with Crippen molar-refractivity contribution in [1.29, 1.82) is 0 Å². The molecule has 4 heteroatoms. The lowest BCUT2D eigenvalue weighted by Gasteiger charge is -2.25. The number of carboxylic acids is 1. The average Bonchev–Trinajstić information content (AvgIpc) is 2.91. The van der Waals surface area contributed by atoms with E-state index in [4.69, 9.17) is 9.84 Å². The molecule has 3 rings (SSSR count). The monoisotopic (exact) mass is 289 g/mol. The Kier molecular flexibility index (Phi) is 3.66. The van der Waals surface area contributed by atoms with Gasteiger partial charge in [-0.2, -0.15) is 0 Å². The van der Waals surface area contributed by atoms with Crippen molar-refractivity contribution in [3.63, 3.8) is 0 Å².